The first-order valence-electron chi connectivity index (χ1n) is 12.4. The molecule has 0 saturated heterocycles. The van der Waals surface area contributed by atoms with Gasteiger partial charge in [-0.2, -0.15) is 0 Å². The van der Waals surface area contributed by atoms with E-state index in [9.17, 15) is 25.5 Å². The molecule has 0 aromatic carbocycles. The van der Waals surface area contributed by atoms with E-state index >= 15 is 0 Å². The Balaban J connectivity index is 1.81. The number of allylic oxidation sites excluding steroid dienone is 3. The van der Waals surface area contributed by atoms with Gasteiger partial charge in [-0.1, -0.05) is 51.0 Å². The minimum atomic E-state index is -1.70. The van der Waals surface area contributed by atoms with Gasteiger partial charge in [-0.3, -0.25) is 0 Å². The Morgan fingerprint density at radius 1 is 1.22 bits per heavy atom. The minimum Gasteiger partial charge on any atom is -0.393 e. The number of rotatable bonds is 6. The molecule has 0 aromatic rings. The molecule has 3 saturated carbocycles. The van der Waals surface area contributed by atoms with Crippen LogP contribution in [-0.2, 0) is 0 Å². The highest BCUT2D eigenvalue weighted by molar-refractivity contribution is 5.39. The Morgan fingerprint density at radius 3 is 2.56 bits per heavy atom. The normalized spacial score (nSPS) is 38.8. The molecule has 0 aromatic heterocycles. The summed E-state index contributed by atoms with van der Waals surface area (Å²) in [7, 11) is 0. The molecular weight excluding hydrogens is 404 g/mol. The van der Waals surface area contributed by atoms with Crippen LogP contribution >= 0.6 is 0 Å². The zero-order valence-electron chi connectivity index (χ0n) is 20.3. The summed E-state index contributed by atoms with van der Waals surface area (Å²) >= 11 is 0. The van der Waals surface area contributed by atoms with E-state index in [4.69, 9.17) is 0 Å². The lowest BCUT2D eigenvalue weighted by molar-refractivity contribution is -0.210. The SMILES string of the molecule is C=C1/C(=C/C=C2\CCC[C@]3(C)[C@H]2CC(O)(O)[C@@H]3[C@H](C)CCCC(C)(C)O)C[C@@H](O)C[C@@H]1O. The van der Waals surface area contributed by atoms with Crippen LogP contribution in [0.1, 0.15) is 85.5 Å². The lowest BCUT2D eigenvalue weighted by Gasteiger charge is -2.45. The van der Waals surface area contributed by atoms with Crippen LogP contribution in [0.2, 0.25) is 0 Å². The first kappa shape index (κ1) is 25.6. The quantitative estimate of drug-likeness (QED) is 0.396. The first-order valence-corrected chi connectivity index (χ1v) is 12.4. The Bertz CT molecular complexity index is 758. The van der Waals surface area contributed by atoms with Gasteiger partial charge in [0, 0.05) is 18.8 Å². The molecule has 5 nitrogen and oxygen atoms in total. The fourth-order valence-electron chi connectivity index (χ4n) is 6.93. The average Bonchev–Trinajstić information content (AvgIpc) is 2.87. The van der Waals surface area contributed by atoms with Gasteiger partial charge in [-0.25, -0.2) is 0 Å². The third-order valence-corrected chi connectivity index (χ3v) is 8.42. The largest absolute Gasteiger partial charge is 0.393 e. The molecule has 182 valence electrons. The summed E-state index contributed by atoms with van der Waals surface area (Å²) in [6, 6.07) is 0. The van der Waals surface area contributed by atoms with E-state index < -0.39 is 23.6 Å². The van der Waals surface area contributed by atoms with Gasteiger partial charge in [0.15, 0.2) is 5.79 Å². The van der Waals surface area contributed by atoms with Crippen LogP contribution < -0.4 is 0 Å². The predicted molar refractivity (Wildman–Crippen MR) is 127 cm³/mol. The fourth-order valence-corrected chi connectivity index (χ4v) is 6.93. The molecule has 0 radical (unpaired) electrons. The molecule has 0 spiro atoms. The highest BCUT2D eigenvalue weighted by Gasteiger charge is 2.61. The number of hydrogen-bond donors (Lipinski definition) is 5. The van der Waals surface area contributed by atoms with Crippen molar-refractivity contribution < 1.29 is 25.5 Å². The maximum absolute atomic E-state index is 11.1. The predicted octanol–water partition coefficient (Wildman–Crippen LogP) is 4.00. The molecule has 3 aliphatic carbocycles. The lowest BCUT2D eigenvalue weighted by Crippen LogP contribution is -2.44. The third-order valence-electron chi connectivity index (χ3n) is 8.42. The monoisotopic (exact) mass is 448 g/mol. The number of hydrogen-bond acceptors (Lipinski definition) is 5. The molecule has 5 heteroatoms. The van der Waals surface area contributed by atoms with Crippen molar-refractivity contribution in [2.24, 2.45) is 23.2 Å². The van der Waals surface area contributed by atoms with E-state index in [1.807, 2.05) is 19.9 Å². The molecule has 3 rings (SSSR count). The Labute approximate surface area is 193 Å². The van der Waals surface area contributed by atoms with Crippen molar-refractivity contribution in [3.8, 4) is 0 Å². The van der Waals surface area contributed by atoms with Crippen LogP contribution in [0.4, 0.5) is 0 Å². The summed E-state index contributed by atoms with van der Waals surface area (Å²) in [4.78, 5) is 0. The van der Waals surface area contributed by atoms with Crippen molar-refractivity contribution in [2.45, 2.75) is 109 Å². The van der Waals surface area contributed by atoms with Crippen LogP contribution in [0.3, 0.4) is 0 Å². The zero-order valence-corrected chi connectivity index (χ0v) is 20.3. The first-order chi connectivity index (χ1) is 14.7. The summed E-state index contributed by atoms with van der Waals surface area (Å²) in [5.74, 6) is -1.68. The number of aliphatic hydroxyl groups is 5. The Morgan fingerprint density at radius 2 is 1.91 bits per heavy atom. The maximum Gasteiger partial charge on any atom is 0.166 e. The molecule has 0 aliphatic heterocycles. The van der Waals surface area contributed by atoms with Gasteiger partial charge in [-0.05, 0) is 74.3 Å². The summed E-state index contributed by atoms with van der Waals surface area (Å²) in [6.45, 7) is 12.0. The van der Waals surface area contributed by atoms with E-state index in [2.05, 4.69) is 26.5 Å². The molecule has 0 bridgehead atoms. The van der Waals surface area contributed by atoms with Gasteiger partial charge in [0.25, 0.3) is 0 Å². The van der Waals surface area contributed by atoms with E-state index in [0.29, 0.717) is 31.3 Å². The van der Waals surface area contributed by atoms with Crippen LogP contribution in [0.5, 0.6) is 0 Å². The average molecular weight is 449 g/mol. The molecule has 32 heavy (non-hydrogen) atoms. The van der Waals surface area contributed by atoms with E-state index in [-0.39, 0.29) is 23.2 Å². The van der Waals surface area contributed by atoms with Gasteiger partial charge in [0.05, 0.1) is 17.8 Å². The van der Waals surface area contributed by atoms with Crippen molar-refractivity contribution in [3.05, 3.63) is 35.5 Å². The van der Waals surface area contributed by atoms with E-state index in [1.165, 1.54) is 5.57 Å². The molecular formula is C27H44O5. The van der Waals surface area contributed by atoms with Crippen molar-refractivity contribution >= 4 is 0 Å². The van der Waals surface area contributed by atoms with Gasteiger partial charge in [-0.15, -0.1) is 0 Å². The molecule has 6 atom stereocenters. The zero-order chi connectivity index (χ0) is 23.9. The van der Waals surface area contributed by atoms with Gasteiger partial charge < -0.3 is 25.5 Å². The van der Waals surface area contributed by atoms with Crippen molar-refractivity contribution in [3.63, 3.8) is 0 Å². The molecule has 3 aliphatic rings. The molecule has 0 unspecified atom stereocenters. The summed E-state index contributed by atoms with van der Waals surface area (Å²) in [5, 5.41) is 52.4. The number of aliphatic hydroxyl groups excluding tert-OH is 2. The van der Waals surface area contributed by atoms with Gasteiger partial charge >= 0.3 is 0 Å². The van der Waals surface area contributed by atoms with Crippen LogP contribution in [-0.4, -0.2) is 49.1 Å². The molecule has 5 N–H and O–H groups in total. The second kappa shape index (κ2) is 9.34. The fraction of sp³-hybridized carbons (Fsp3) is 0.778. The lowest BCUT2D eigenvalue weighted by atomic mass is 9.60. The van der Waals surface area contributed by atoms with Crippen LogP contribution in [0.25, 0.3) is 0 Å². The molecule has 0 amide bonds. The van der Waals surface area contributed by atoms with Crippen LogP contribution in [0, 0.1) is 23.2 Å². The Hall–Kier alpha value is -0.980. The molecule has 3 fully saturated rings. The maximum atomic E-state index is 11.1. The second-order valence-electron chi connectivity index (χ2n) is 11.7. The summed E-state index contributed by atoms with van der Waals surface area (Å²) in [5.41, 5.74) is 1.89. The highest BCUT2D eigenvalue weighted by Crippen LogP contribution is 2.62. The van der Waals surface area contributed by atoms with Crippen molar-refractivity contribution in [2.75, 3.05) is 0 Å². The van der Waals surface area contributed by atoms with Crippen molar-refractivity contribution in [1.82, 2.24) is 0 Å². The smallest absolute Gasteiger partial charge is 0.166 e. The summed E-state index contributed by atoms with van der Waals surface area (Å²) < 4.78 is 0. The van der Waals surface area contributed by atoms with Crippen LogP contribution in [0.15, 0.2) is 35.5 Å². The van der Waals surface area contributed by atoms with E-state index in [0.717, 1.165) is 37.7 Å². The third kappa shape index (κ3) is 5.39. The molecule has 0 heterocycles. The van der Waals surface area contributed by atoms with Crippen molar-refractivity contribution in [1.29, 1.82) is 0 Å². The van der Waals surface area contributed by atoms with Gasteiger partial charge in [0.1, 0.15) is 0 Å². The second-order valence-corrected chi connectivity index (χ2v) is 11.7. The Kier molecular flexibility index (Phi) is 7.49. The highest BCUT2D eigenvalue weighted by atomic mass is 16.5. The van der Waals surface area contributed by atoms with Gasteiger partial charge in [0.2, 0.25) is 0 Å². The minimum absolute atomic E-state index is 0.0940. The summed E-state index contributed by atoms with van der Waals surface area (Å²) in [6.07, 6.45) is 9.30. The topological polar surface area (TPSA) is 101 Å². The van der Waals surface area contributed by atoms with E-state index in [1.54, 1.807) is 0 Å². The number of fused-ring (bicyclic) bond motifs is 1. The standard InChI is InChI=1S/C27H44O5/c1-17(8-6-12-25(3,4)30)24-26(5)13-7-9-19(22(26)16-27(24,31)32)10-11-20-14-21(28)15-23(29)18(20)2/h10-11,17,21-24,28-32H,2,6-9,12-16H2,1,3-5H3/b19-10+,20-11+/t17-,21-,22+,23+,24-,26-/m1/s1.